The normalized spacial score (nSPS) is 22.2. The van der Waals surface area contributed by atoms with E-state index in [4.69, 9.17) is 0 Å². The lowest BCUT2D eigenvalue weighted by atomic mass is 9.71. The van der Waals surface area contributed by atoms with Crippen LogP contribution in [0.25, 0.3) is 0 Å². The van der Waals surface area contributed by atoms with Crippen LogP contribution in [0.1, 0.15) is 64.2 Å². The molecule has 0 unspecified atom stereocenters. The van der Waals surface area contributed by atoms with Gasteiger partial charge in [-0.1, -0.05) is 51.2 Å². The number of nitrogens with one attached hydrogen (secondary N) is 1. The molecule has 0 heterocycles. The van der Waals surface area contributed by atoms with Gasteiger partial charge in [-0.05, 0) is 43.7 Å². The van der Waals surface area contributed by atoms with Crippen LogP contribution in [0.15, 0.2) is 25.4 Å². The largest absolute Gasteiger partial charge is 0.391 e. The third-order valence-corrected chi connectivity index (χ3v) is 4.16. The van der Waals surface area contributed by atoms with E-state index in [-0.39, 0.29) is 0 Å². The van der Waals surface area contributed by atoms with E-state index in [0.717, 1.165) is 18.4 Å². The predicted octanol–water partition coefficient (Wildman–Crippen LogP) is 5.05. The Labute approximate surface area is 114 Å². The van der Waals surface area contributed by atoms with Crippen LogP contribution in [0, 0.1) is 11.8 Å². The first-order valence-corrected chi connectivity index (χ1v) is 7.82. The Bertz CT molecular complexity index is 216. The molecule has 0 spiro atoms. The van der Waals surface area contributed by atoms with E-state index in [1.807, 2.05) is 0 Å². The summed E-state index contributed by atoms with van der Waals surface area (Å²) in [4.78, 5) is 0. The first-order chi connectivity index (χ1) is 8.86. The van der Waals surface area contributed by atoms with E-state index in [9.17, 15) is 0 Å². The van der Waals surface area contributed by atoms with E-state index < -0.39 is 0 Å². The molecule has 1 fully saturated rings. The molecule has 0 aromatic rings. The fraction of sp³-hybridized carbons (Fsp3) is 0.765. The zero-order chi connectivity index (χ0) is 13.1. The molecule has 0 bridgehead atoms. The zero-order valence-electron chi connectivity index (χ0n) is 12.0. The zero-order valence-corrected chi connectivity index (χ0v) is 12.0. The summed E-state index contributed by atoms with van der Waals surface area (Å²) in [5.41, 5.74) is 0. The highest BCUT2D eigenvalue weighted by molar-refractivity contribution is 4.84. The smallest absolute Gasteiger partial charge is 0.0141 e. The summed E-state index contributed by atoms with van der Waals surface area (Å²) in [7, 11) is 0. The standard InChI is InChI=1S/C17H31N/c1-3-11-16-14-17(15-16)12-9-7-5-6-8-10-13-18-4-2/h3-4,16-18H,1-2,5-15H2. The molecule has 1 heteroatoms. The SMILES string of the molecule is C=CCC1CC(CCCCCCCCNC=C)C1. The van der Waals surface area contributed by atoms with E-state index in [2.05, 4.69) is 24.6 Å². The van der Waals surface area contributed by atoms with Crippen molar-refractivity contribution in [1.82, 2.24) is 5.32 Å². The van der Waals surface area contributed by atoms with Gasteiger partial charge in [0.05, 0.1) is 0 Å². The fourth-order valence-corrected chi connectivity index (χ4v) is 3.01. The molecule has 1 aliphatic carbocycles. The van der Waals surface area contributed by atoms with E-state index in [1.165, 1.54) is 64.2 Å². The minimum absolute atomic E-state index is 0.977. The Morgan fingerprint density at radius 2 is 1.56 bits per heavy atom. The molecule has 1 rings (SSSR count). The fourth-order valence-electron chi connectivity index (χ4n) is 3.01. The van der Waals surface area contributed by atoms with E-state index >= 15 is 0 Å². The highest BCUT2D eigenvalue weighted by atomic mass is 14.8. The quantitative estimate of drug-likeness (QED) is 0.377. The maximum absolute atomic E-state index is 3.82. The number of hydrogen-bond acceptors (Lipinski definition) is 1. The van der Waals surface area contributed by atoms with Crippen molar-refractivity contribution >= 4 is 0 Å². The second-order valence-electron chi connectivity index (χ2n) is 5.80. The Morgan fingerprint density at radius 1 is 0.889 bits per heavy atom. The second-order valence-corrected chi connectivity index (χ2v) is 5.80. The molecule has 0 radical (unpaired) electrons. The molecular weight excluding hydrogens is 218 g/mol. The van der Waals surface area contributed by atoms with Crippen LogP contribution in [0.5, 0.6) is 0 Å². The van der Waals surface area contributed by atoms with Crippen molar-refractivity contribution in [2.24, 2.45) is 11.8 Å². The topological polar surface area (TPSA) is 12.0 Å². The van der Waals surface area contributed by atoms with Gasteiger partial charge in [0.15, 0.2) is 0 Å². The molecular formula is C17H31N. The van der Waals surface area contributed by atoms with Gasteiger partial charge in [-0.15, -0.1) is 6.58 Å². The third-order valence-electron chi connectivity index (χ3n) is 4.16. The van der Waals surface area contributed by atoms with Crippen molar-refractivity contribution in [3.63, 3.8) is 0 Å². The number of rotatable bonds is 12. The van der Waals surface area contributed by atoms with Gasteiger partial charge < -0.3 is 5.32 Å². The van der Waals surface area contributed by atoms with Crippen molar-refractivity contribution in [2.75, 3.05) is 6.54 Å². The monoisotopic (exact) mass is 249 g/mol. The van der Waals surface area contributed by atoms with Crippen LogP contribution in [0.4, 0.5) is 0 Å². The van der Waals surface area contributed by atoms with Gasteiger partial charge in [0.25, 0.3) is 0 Å². The van der Waals surface area contributed by atoms with E-state index in [1.54, 1.807) is 6.20 Å². The highest BCUT2D eigenvalue weighted by Crippen LogP contribution is 2.39. The molecule has 0 aromatic carbocycles. The van der Waals surface area contributed by atoms with Gasteiger partial charge in [-0.25, -0.2) is 0 Å². The maximum Gasteiger partial charge on any atom is 0.0141 e. The molecule has 1 nitrogen and oxygen atoms in total. The van der Waals surface area contributed by atoms with Gasteiger partial charge >= 0.3 is 0 Å². The molecule has 18 heavy (non-hydrogen) atoms. The molecule has 104 valence electrons. The van der Waals surface area contributed by atoms with Gasteiger partial charge in [-0.3, -0.25) is 0 Å². The summed E-state index contributed by atoms with van der Waals surface area (Å²) >= 11 is 0. The molecule has 0 amide bonds. The van der Waals surface area contributed by atoms with Gasteiger partial charge in [0, 0.05) is 6.54 Å². The van der Waals surface area contributed by atoms with Gasteiger partial charge in [0.2, 0.25) is 0 Å². The summed E-state index contributed by atoms with van der Waals surface area (Å²) in [6.45, 7) is 8.56. The van der Waals surface area contributed by atoms with Crippen LogP contribution in [0.3, 0.4) is 0 Å². The van der Waals surface area contributed by atoms with Crippen molar-refractivity contribution in [3.05, 3.63) is 25.4 Å². The molecule has 0 saturated heterocycles. The minimum atomic E-state index is 0.977. The third kappa shape index (κ3) is 6.88. The molecule has 0 aliphatic heterocycles. The van der Waals surface area contributed by atoms with Crippen LogP contribution < -0.4 is 5.32 Å². The predicted molar refractivity (Wildman–Crippen MR) is 81.5 cm³/mol. The van der Waals surface area contributed by atoms with Crippen molar-refractivity contribution in [3.8, 4) is 0 Å². The van der Waals surface area contributed by atoms with Gasteiger partial charge in [-0.2, -0.15) is 0 Å². The Kier molecular flexibility index (Phi) is 8.71. The van der Waals surface area contributed by atoms with Crippen LogP contribution in [0.2, 0.25) is 0 Å². The lowest BCUT2D eigenvalue weighted by molar-refractivity contribution is 0.180. The first kappa shape index (κ1) is 15.3. The Balaban J connectivity index is 1.74. The summed E-state index contributed by atoms with van der Waals surface area (Å²) in [6.07, 6.45) is 17.9. The minimum Gasteiger partial charge on any atom is -0.391 e. The van der Waals surface area contributed by atoms with E-state index in [0.29, 0.717) is 0 Å². The molecule has 0 atom stereocenters. The number of allylic oxidation sites excluding steroid dienone is 1. The Hall–Kier alpha value is -0.720. The maximum atomic E-state index is 3.82. The molecule has 1 N–H and O–H groups in total. The lowest BCUT2D eigenvalue weighted by Gasteiger charge is -2.34. The highest BCUT2D eigenvalue weighted by Gasteiger charge is 2.26. The lowest BCUT2D eigenvalue weighted by Crippen LogP contribution is -2.22. The van der Waals surface area contributed by atoms with Crippen LogP contribution >= 0.6 is 0 Å². The average Bonchev–Trinajstić information content (AvgIpc) is 2.33. The molecule has 1 saturated carbocycles. The van der Waals surface area contributed by atoms with Crippen molar-refractivity contribution in [1.29, 1.82) is 0 Å². The average molecular weight is 249 g/mol. The number of hydrogen-bond donors (Lipinski definition) is 1. The summed E-state index contributed by atoms with van der Waals surface area (Å²) in [5, 5.41) is 3.15. The first-order valence-electron chi connectivity index (χ1n) is 7.82. The second kappa shape index (κ2) is 10.2. The number of unbranched alkanes of at least 4 members (excludes halogenated alkanes) is 5. The Morgan fingerprint density at radius 3 is 2.22 bits per heavy atom. The molecule has 0 aromatic heterocycles. The summed E-state index contributed by atoms with van der Waals surface area (Å²) in [6, 6.07) is 0. The van der Waals surface area contributed by atoms with Gasteiger partial charge in [0.1, 0.15) is 0 Å². The summed E-state index contributed by atoms with van der Waals surface area (Å²) in [5.74, 6) is 2.02. The van der Waals surface area contributed by atoms with Crippen LogP contribution in [-0.2, 0) is 0 Å². The van der Waals surface area contributed by atoms with Crippen molar-refractivity contribution in [2.45, 2.75) is 64.2 Å². The molecule has 1 aliphatic rings. The summed E-state index contributed by atoms with van der Waals surface area (Å²) < 4.78 is 0. The van der Waals surface area contributed by atoms with Crippen molar-refractivity contribution < 1.29 is 0 Å². The van der Waals surface area contributed by atoms with Crippen LogP contribution in [-0.4, -0.2) is 6.54 Å².